The molecule has 0 bridgehead atoms. The number of carbonyl (C=O) groups excluding carboxylic acids is 3. The summed E-state index contributed by atoms with van der Waals surface area (Å²) in [6, 6.07) is 24.6. The second-order valence-corrected chi connectivity index (χ2v) is 8.81. The Morgan fingerprint density at radius 1 is 0.738 bits per heavy atom. The van der Waals surface area contributed by atoms with Crippen molar-refractivity contribution in [3.63, 3.8) is 0 Å². The number of nitro groups is 2. The number of hydrogen-bond acceptors (Lipinski definition) is 9. The van der Waals surface area contributed by atoms with E-state index in [1.54, 1.807) is 60.7 Å². The molecule has 0 heterocycles. The van der Waals surface area contributed by atoms with Crippen molar-refractivity contribution in [2.45, 2.75) is 6.42 Å². The number of ketones is 1. The fourth-order valence-electron chi connectivity index (χ4n) is 3.85. The summed E-state index contributed by atoms with van der Waals surface area (Å²) in [4.78, 5) is 57.7. The van der Waals surface area contributed by atoms with Crippen LogP contribution >= 0.6 is 0 Å². The monoisotopic (exact) mass is 566 g/mol. The van der Waals surface area contributed by atoms with Gasteiger partial charge >= 0.3 is 11.9 Å². The number of carbonyl (C=O) groups is 3. The Morgan fingerprint density at radius 3 is 2.02 bits per heavy atom. The van der Waals surface area contributed by atoms with E-state index in [4.69, 9.17) is 9.47 Å². The maximum absolute atomic E-state index is 12.5. The Labute approximate surface area is 238 Å². The third-order valence-corrected chi connectivity index (χ3v) is 6.01. The van der Waals surface area contributed by atoms with Gasteiger partial charge in [0, 0.05) is 35.3 Å². The number of benzene rings is 4. The highest BCUT2D eigenvalue weighted by Crippen LogP contribution is 2.25. The molecule has 42 heavy (non-hydrogen) atoms. The topological polar surface area (TPSA) is 156 Å². The molecule has 0 aliphatic heterocycles. The maximum Gasteiger partial charge on any atom is 0.343 e. The molecule has 0 aliphatic rings. The van der Waals surface area contributed by atoms with Crippen molar-refractivity contribution in [2.75, 3.05) is 6.61 Å². The van der Waals surface area contributed by atoms with Crippen molar-refractivity contribution in [2.24, 2.45) is 0 Å². The van der Waals surface area contributed by atoms with E-state index in [0.717, 1.165) is 12.1 Å². The Morgan fingerprint density at radius 2 is 1.38 bits per heavy atom. The number of hydrogen-bond donors (Lipinski definition) is 0. The highest BCUT2D eigenvalue weighted by Gasteiger charge is 2.19. The molecule has 11 heteroatoms. The van der Waals surface area contributed by atoms with Gasteiger partial charge in [-0.1, -0.05) is 54.6 Å². The minimum Gasteiger partial charge on any atom is -0.462 e. The van der Waals surface area contributed by atoms with E-state index in [0.29, 0.717) is 16.7 Å². The minimum absolute atomic E-state index is 0.0000127. The molecule has 0 spiro atoms. The summed E-state index contributed by atoms with van der Waals surface area (Å²) in [5, 5.41) is 22.1. The zero-order chi connectivity index (χ0) is 30.1. The van der Waals surface area contributed by atoms with Gasteiger partial charge in [-0.25, -0.2) is 9.59 Å². The van der Waals surface area contributed by atoms with Crippen molar-refractivity contribution in [1.82, 2.24) is 0 Å². The lowest BCUT2D eigenvalue weighted by Crippen LogP contribution is -2.09. The van der Waals surface area contributed by atoms with E-state index in [2.05, 4.69) is 0 Å². The third-order valence-electron chi connectivity index (χ3n) is 6.01. The van der Waals surface area contributed by atoms with E-state index in [1.807, 2.05) is 6.07 Å². The number of nitro benzene ring substituents is 2. The van der Waals surface area contributed by atoms with E-state index < -0.39 is 33.2 Å². The first-order valence-corrected chi connectivity index (χ1v) is 12.5. The predicted molar refractivity (Wildman–Crippen MR) is 151 cm³/mol. The lowest BCUT2D eigenvalue weighted by atomic mass is 10.0. The van der Waals surface area contributed by atoms with Crippen LogP contribution in [0.2, 0.25) is 0 Å². The van der Waals surface area contributed by atoms with Gasteiger partial charge in [0.15, 0.2) is 5.78 Å². The SMILES string of the molecule is O=C(/C=C/c1ccc(OC(=O)c2ccc(C(=O)c3ccccc3)cc2)cc1)OCCc1ccc([N+](=O)[O-])cc1[N+](=O)[O-]. The molecule has 0 atom stereocenters. The second-order valence-electron chi connectivity index (χ2n) is 8.81. The number of esters is 2. The van der Waals surface area contributed by atoms with Crippen LogP contribution in [-0.4, -0.2) is 34.2 Å². The van der Waals surface area contributed by atoms with Crippen LogP contribution in [-0.2, 0) is 16.0 Å². The van der Waals surface area contributed by atoms with Gasteiger partial charge in [-0.05, 0) is 42.0 Å². The first-order chi connectivity index (χ1) is 20.2. The van der Waals surface area contributed by atoms with Crippen molar-refractivity contribution in [3.8, 4) is 5.75 Å². The summed E-state index contributed by atoms with van der Waals surface area (Å²) in [7, 11) is 0. The fraction of sp³-hybridized carbons (Fsp3) is 0.0645. The third kappa shape index (κ3) is 7.57. The average Bonchev–Trinajstić information content (AvgIpc) is 3.00. The number of non-ortho nitro benzene ring substituents is 1. The maximum atomic E-state index is 12.5. The van der Waals surface area contributed by atoms with Crippen LogP contribution in [0, 0.1) is 20.2 Å². The quantitative estimate of drug-likeness (QED) is 0.0550. The molecule has 0 aliphatic carbocycles. The first kappa shape index (κ1) is 29.0. The highest BCUT2D eigenvalue weighted by atomic mass is 16.6. The van der Waals surface area contributed by atoms with Crippen LogP contribution in [0.5, 0.6) is 5.75 Å². The Kier molecular flexibility index (Phi) is 9.26. The largest absolute Gasteiger partial charge is 0.462 e. The molecule has 0 fully saturated rings. The van der Waals surface area contributed by atoms with Crippen LogP contribution in [0.25, 0.3) is 6.08 Å². The number of ether oxygens (including phenoxy) is 2. The normalized spacial score (nSPS) is 10.7. The van der Waals surface area contributed by atoms with Crippen LogP contribution in [0.4, 0.5) is 11.4 Å². The zero-order valence-corrected chi connectivity index (χ0v) is 21.9. The molecular formula is C31H22N2O9. The predicted octanol–water partition coefficient (Wildman–Crippen LogP) is 5.75. The zero-order valence-electron chi connectivity index (χ0n) is 21.9. The number of nitrogens with zero attached hydrogens (tertiary/aromatic N) is 2. The molecule has 4 aromatic carbocycles. The Bertz CT molecular complexity index is 1660. The molecule has 4 aromatic rings. The molecule has 0 unspecified atom stereocenters. The van der Waals surface area contributed by atoms with Gasteiger partial charge in [-0.3, -0.25) is 25.0 Å². The summed E-state index contributed by atoms with van der Waals surface area (Å²) < 4.78 is 10.5. The molecule has 0 amide bonds. The minimum atomic E-state index is -0.728. The van der Waals surface area contributed by atoms with Crippen molar-refractivity contribution in [3.05, 3.63) is 151 Å². The lowest BCUT2D eigenvalue weighted by Gasteiger charge is -2.06. The lowest BCUT2D eigenvalue weighted by molar-refractivity contribution is -0.394. The van der Waals surface area contributed by atoms with Crippen LogP contribution < -0.4 is 4.74 Å². The van der Waals surface area contributed by atoms with Gasteiger partial charge in [0.05, 0.1) is 28.1 Å². The Hall–Kier alpha value is -5.97. The molecular weight excluding hydrogens is 544 g/mol. The van der Waals surface area contributed by atoms with E-state index >= 15 is 0 Å². The Balaban J connectivity index is 1.27. The van der Waals surface area contributed by atoms with Gasteiger partial charge in [0.25, 0.3) is 11.4 Å². The standard InChI is InChI=1S/C31H22N2O9/c34-29(41-19-18-22-13-14-26(32(37)38)20-28(22)33(39)40)17-8-21-6-15-27(16-7-21)42-31(36)25-11-9-24(10-12-25)30(35)23-4-2-1-3-5-23/h1-17,20H,18-19H2/b17-8+. The molecule has 210 valence electrons. The van der Waals surface area contributed by atoms with Crippen LogP contribution in [0.15, 0.2) is 103 Å². The second kappa shape index (κ2) is 13.4. The summed E-state index contributed by atoms with van der Waals surface area (Å²) in [5.41, 5.74) is 1.24. The van der Waals surface area contributed by atoms with E-state index in [9.17, 15) is 34.6 Å². The average molecular weight is 567 g/mol. The molecule has 0 saturated carbocycles. The van der Waals surface area contributed by atoms with Crippen molar-refractivity contribution >= 4 is 35.2 Å². The van der Waals surface area contributed by atoms with Crippen LogP contribution in [0.3, 0.4) is 0 Å². The summed E-state index contributed by atoms with van der Waals surface area (Å²) >= 11 is 0. The van der Waals surface area contributed by atoms with Gasteiger partial charge < -0.3 is 9.47 Å². The number of rotatable bonds is 11. The van der Waals surface area contributed by atoms with Gasteiger partial charge in [-0.2, -0.15) is 0 Å². The van der Waals surface area contributed by atoms with Gasteiger partial charge in [0.1, 0.15) is 5.75 Å². The van der Waals surface area contributed by atoms with Crippen molar-refractivity contribution < 1.29 is 33.7 Å². The smallest absolute Gasteiger partial charge is 0.343 e. The van der Waals surface area contributed by atoms with Crippen molar-refractivity contribution in [1.29, 1.82) is 0 Å². The van der Waals surface area contributed by atoms with Gasteiger partial charge in [-0.15, -0.1) is 0 Å². The first-order valence-electron chi connectivity index (χ1n) is 12.5. The highest BCUT2D eigenvalue weighted by molar-refractivity contribution is 6.09. The summed E-state index contributed by atoms with van der Waals surface area (Å²) in [5.74, 6) is -1.18. The summed E-state index contributed by atoms with van der Waals surface area (Å²) in [6.07, 6.45) is 2.65. The molecule has 0 saturated heterocycles. The molecule has 4 rings (SSSR count). The molecule has 0 N–H and O–H groups in total. The molecule has 11 nitrogen and oxygen atoms in total. The molecule has 0 aromatic heterocycles. The van der Waals surface area contributed by atoms with E-state index in [1.165, 1.54) is 30.4 Å². The summed E-state index contributed by atoms with van der Waals surface area (Å²) in [6.45, 7) is -0.169. The van der Waals surface area contributed by atoms with E-state index in [-0.39, 0.29) is 35.7 Å². The fourth-order valence-corrected chi connectivity index (χ4v) is 3.85. The van der Waals surface area contributed by atoms with Crippen LogP contribution in [0.1, 0.15) is 37.4 Å². The van der Waals surface area contributed by atoms with Gasteiger partial charge in [0.2, 0.25) is 0 Å². The molecule has 0 radical (unpaired) electrons.